The van der Waals surface area contributed by atoms with E-state index in [1.165, 1.54) is 22.9 Å². The normalized spacial score (nSPS) is 12.1. The molecule has 1 amide bonds. The van der Waals surface area contributed by atoms with Gasteiger partial charge in [-0.25, -0.2) is 26.6 Å². The maximum atomic E-state index is 13.8. The van der Waals surface area contributed by atoms with Gasteiger partial charge in [-0.3, -0.25) is 4.79 Å². The molecular weight excluding hydrogens is 471 g/mol. The van der Waals surface area contributed by atoms with Gasteiger partial charge in [0.1, 0.15) is 16.5 Å². The van der Waals surface area contributed by atoms with Crippen LogP contribution in [0, 0.1) is 18.6 Å². The van der Waals surface area contributed by atoms with Gasteiger partial charge in [0.2, 0.25) is 0 Å². The van der Waals surface area contributed by atoms with Crippen LogP contribution in [-0.4, -0.2) is 29.3 Å². The van der Waals surface area contributed by atoms with Gasteiger partial charge in [0.25, 0.3) is 15.9 Å². The lowest BCUT2D eigenvalue weighted by molar-refractivity contribution is -0.143. The molecule has 164 valence electrons. The number of amides is 1. The van der Waals surface area contributed by atoms with Crippen molar-refractivity contribution >= 4 is 27.5 Å². The van der Waals surface area contributed by atoms with E-state index < -0.39 is 50.0 Å². The van der Waals surface area contributed by atoms with Gasteiger partial charge in [-0.2, -0.15) is 13.2 Å². The number of nitrogens with zero attached hydrogens (tertiary/aromatic N) is 3. The Hall–Kier alpha value is -3.06. The largest absolute Gasteiger partial charge is 0.435 e. The van der Waals surface area contributed by atoms with Gasteiger partial charge in [0.05, 0.1) is 10.7 Å². The summed E-state index contributed by atoms with van der Waals surface area (Å²) in [6.45, 7) is 1.64. The number of aryl methyl sites for hydroxylation is 1. The van der Waals surface area contributed by atoms with Crippen molar-refractivity contribution < 1.29 is 35.2 Å². The van der Waals surface area contributed by atoms with Crippen LogP contribution in [-0.2, 0) is 16.2 Å². The highest BCUT2D eigenvalue weighted by molar-refractivity contribution is 7.90. The highest BCUT2D eigenvalue weighted by Crippen LogP contribution is 2.34. The van der Waals surface area contributed by atoms with Crippen molar-refractivity contribution in [1.29, 1.82) is 0 Å². The molecule has 0 unspecified atom stereocenters. The van der Waals surface area contributed by atoms with Gasteiger partial charge in [-0.15, -0.1) is 5.10 Å². The first-order chi connectivity index (χ1) is 14.3. The van der Waals surface area contributed by atoms with Crippen molar-refractivity contribution in [2.75, 3.05) is 0 Å². The van der Waals surface area contributed by atoms with Crippen LogP contribution in [0.1, 0.15) is 21.7 Å². The van der Waals surface area contributed by atoms with E-state index in [1.807, 2.05) is 0 Å². The van der Waals surface area contributed by atoms with Crippen LogP contribution in [0.3, 0.4) is 0 Å². The first kappa shape index (κ1) is 22.6. The zero-order valence-corrected chi connectivity index (χ0v) is 16.8. The molecule has 0 bridgehead atoms. The molecule has 0 saturated carbocycles. The van der Waals surface area contributed by atoms with E-state index in [9.17, 15) is 35.2 Å². The second-order valence-corrected chi connectivity index (χ2v) is 8.22. The number of hydrogen-bond acceptors (Lipinski definition) is 5. The monoisotopic (exact) mass is 480 g/mol. The molecule has 3 aromatic rings. The Morgan fingerprint density at radius 1 is 1.13 bits per heavy atom. The first-order valence-corrected chi connectivity index (χ1v) is 9.99. The average molecular weight is 481 g/mol. The van der Waals surface area contributed by atoms with E-state index in [1.54, 1.807) is 6.92 Å². The third kappa shape index (κ3) is 4.51. The van der Waals surface area contributed by atoms with E-state index in [0.717, 1.165) is 0 Å². The summed E-state index contributed by atoms with van der Waals surface area (Å²) >= 11 is 5.97. The topological polar surface area (TPSA) is 93.9 Å². The second kappa shape index (κ2) is 7.89. The van der Waals surface area contributed by atoms with Gasteiger partial charge in [-0.05, 0) is 36.8 Å². The third-order valence-electron chi connectivity index (χ3n) is 3.90. The lowest BCUT2D eigenvalue weighted by Crippen LogP contribution is -2.33. The molecule has 0 aliphatic rings. The van der Waals surface area contributed by atoms with Crippen LogP contribution in [0.5, 0.6) is 0 Å². The smallest absolute Gasteiger partial charge is 0.266 e. The van der Waals surface area contributed by atoms with Crippen LogP contribution in [0.15, 0.2) is 41.3 Å². The maximum Gasteiger partial charge on any atom is 0.435 e. The summed E-state index contributed by atoms with van der Waals surface area (Å²) in [5, 5.41) is 6.28. The van der Waals surface area contributed by atoms with Gasteiger partial charge in [-0.1, -0.05) is 22.9 Å². The van der Waals surface area contributed by atoms with Gasteiger partial charge < -0.3 is 0 Å². The minimum atomic E-state index is -5.20. The number of carbonyl (C=O) groups excluding carboxylic acids is 1. The number of halogens is 6. The van der Waals surface area contributed by atoms with Crippen LogP contribution < -0.4 is 4.72 Å². The van der Waals surface area contributed by atoms with E-state index in [2.05, 4.69) is 10.3 Å². The summed E-state index contributed by atoms with van der Waals surface area (Å²) in [4.78, 5) is 11.2. The molecule has 7 nitrogen and oxygen atoms in total. The van der Waals surface area contributed by atoms with Gasteiger partial charge >= 0.3 is 6.18 Å². The number of carbonyl (C=O) groups is 1. The number of benzene rings is 2. The molecule has 0 aliphatic carbocycles. The predicted molar refractivity (Wildman–Crippen MR) is 97.1 cm³/mol. The van der Waals surface area contributed by atoms with Crippen LogP contribution in [0.4, 0.5) is 22.0 Å². The maximum absolute atomic E-state index is 13.8. The van der Waals surface area contributed by atoms with E-state index in [0.29, 0.717) is 17.7 Å². The standard InChI is InChI=1S/C17H10ClF5N4O3S/c1-8-2-4-12(10(18)6-8)27-15(17(21,22)23)14(24-26-27)16(28)25-31(29,30)13-5-3-9(19)7-11(13)20/h2-7H,1H3,(H,25,28). The fourth-order valence-corrected chi connectivity index (χ4v) is 3.89. The van der Waals surface area contributed by atoms with Crippen LogP contribution in [0.25, 0.3) is 5.69 Å². The Kier molecular flexibility index (Phi) is 5.76. The van der Waals surface area contributed by atoms with Gasteiger partial charge in [0.15, 0.2) is 11.4 Å². The van der Waals surface area contributed by atoms with Crippen LogP contribution >= 0.6 is 11.6 Å². The number of rotatable bonds is 4. The van der Waals surface area contributed by atoms with Crippen molar-refractivity contribution in [1.82, 2.24) is 19.7 Å². The third-order valence-corrected chi connectivity index (χ3v) is 5.56. The molecule has 0 radical (unpaired) electrons. The average Bonchev–Trinajstić information content (AvgIpc) is 3.06. The summed E-state index contributed by atoms with van der Waals surface area (Å²) in [6, 6.07) is 5.32. The Balaban J connectivity index is 2.07. The molecule has 1 aromatic heterocycles. The summed E-state index contributed by atoms with van der Waals surface area (Å²) in [5.41, 5.74) is -2.73. The van der Waals surface area contributed by atoms with E-state index in [-0.39, 0.29) is 21.5 Å². The molecule has 0 fully saturated rings. The molecule has 1 heterocycles. The molecule has 14 heteroatoms. The summed E-state index contributed by atoms with van der Waals surface area (Å²) in [7, 11) is -5.00. The van der Waals surface area contributed by atoms with Gasteiger partial charge in [0, 0.05) is 6.07 Å². The minimum absolute atomic E-state index is 0.136. The molecule has 0 spiro atoms. The predicted octanol–water partition coefficient (Wildman–Crippen LogP) is 3.64. The number of aromatic nitrogens is 3. The van der Waals surface area contributed by atoms with Crippen LogP contribution in [0.2, 0.25) is 5.02 Å². The first-order valence-electron chi connectivity index (χ1n) is 8.13. The summed E-state index contributed by atoms with van der Waals surface area (Å²) in [5.74, 6) is -4.47. The summed E-state index contributed by atoms with van der Waals surface area (Å²) < 4.78 is 93.8. The second-order valence-electron chi connectivity index (χ2n) is 6.16. The molecule has 3 rings (SSSR count). The fraction of sp³-hybridized carbons (Fsp3) is 0.118. The molecule has 1 N–H and O–H groups in total. The lowest BCUT2D eigenvalue weighted by atomic mass is 10.2. The van der Waals surface area contributed by atoms with Crippen molar-refractivity contribution in [3.8, 4) is 5.69 Å². The lowest BCUT2D eigenvalue weighted by Gasteiger charge is -2.13. The SMILES string of the molecule is Cc1ccc(-n2nnc(C(=O)NS(=O)(=O)c3ccc(F)cc3F)c2C(F)(F)F)c(Cl)c1. The Morgan fingerprint density at radius 3 is 2.39 bits per heavy atom. The molecule has 0 aliphatic heterocycles. The molecule has 31 heavy (non-hydrogen) atoms. The Bertz CT molecular complexity index is 1290. The minimum Gasteiger partial charge on any atom is -0.266 e. The van der Waals surface area contributed by atoms with Crippen molar-refractivity contribution in [3.05, 3.63) is 70.0 Å². The highest BCUT2D eigenvalue weighted by Gasteiger charge is 2.43. The van der Waals surface area contributed by atoms with Crippen molar-refractivity contribution in [2.45, 2.75) is 18.0 Å². The quantitative estimate of drug-likeness (QED) is 0.575. The highest BCUT2D eigenvalue weighted by atomic mass is 35.5. The number of alkyl halides is 3. The van der Waals surface area contributed by atoms with Crippen molar-refractivity contribution in [3.63, 3.8) is 0 Å². The zero-order valence-electron chi connectivity index (χ0n) is 15.2. The van der Waals surface area contributed by atoms with E-state index >= 15 is 0 Å². The zero-order chi connectivity index (χ0) is 23.1. The number of sulfonamides is 1. The van der Waals surface area contributed by atoms with Crippen molar-refractivity contribution in [2.24, 2.45) is 0 Å². The molecular formula is C17H10ClF5N4O3S. The Labute approximate surface area is 176 Å². The fourth-order valence-electron chi connectivity index (χ4n) is 2.56. The van der Waals surface area contributed by atoms with E-state index in [4.69, 9.17) is 11.6 Å². The molecule has 0 saturated heterocycles. The summed E-state index contributed by atoms with van der Waals surface area (Å²) in [6.07, 6.45) is -5.20. The molecule has 2 aromatic carbocycles. The molecule has 0 atom stereocenters. The number of hydrogen-bond donors (Lipinski definition) is 1. The number of nitrogens with one attached hydrogen (secondary N) is 1. The Morgan fingerprint density at radius 2 is 1.81 bits per heavy atom.